The zero-order valence-electron chi connectivity index (χ0n) is 16.7. The quantitative estimate of drug-likeness (QED) is 0.798. The highest BCUT2D eigenvalue weighted by atomic mass is 16.5. The molecule has 0 bridgehead atoms. The first-order valence-corrected chi connectivity index (χ1v) is 9.23. The van der Waals surface area contributed by atoms with Crippen LogP contribution in [0, 0.1) is 6.92 Å². The van der Waals surface area contributed by atoms with Crippen LogP contribution in [0.2, 0.25) is 0 Å². The van der Waals surface area contributed by atoms with Crippen LogP contribution >= 0.6 is 0 Å². The summed E-state index contributed by atoms with van der Waals surface area (Å²) in [6.07, 6.45) is -0.743. The van der Waals surface area contributed by atoms with Crippen molar-refractivity contribution < 1.29 is 19.1 Å². The third-order valence-corrected chi connectivity index (χ3v) is 5.19. The highest BCUT2D eigenvalue weighted by Gasteiger charge is 2.41. The highest BCUT2D eigenvalue weighted by Crippen LogP contribution is 2.32. The van der Waals surface area contributed by atoms with Crippen LogP contribution in [-0.4, -0.2) is 55.5 Å². The molecule has 2 aromatic carbocycles. The van der Waals surface area contributed by atoms with Gasteiger partial charge in [0.15, 0.2) is 6.10 Å². The molecule has 148 valence electrons. The van der Waals surface area contributed by atoms with Crippen molar-refractivity contribution in [2.45, 2.75) is 25.6 Å². The number of ether oxygens (including phenoxy) is 2. The number of methoxy groups -OCH3 is 1. The van der Waals surface area contributed by atoms with Gasteiger partial charge in [0, 0.05) is 20.6 Å². The topological polar surface area (TPSA) is 59.1 Å². The van der Waals surface area contributed by atoms with E-state index in [0.717, 1.165) is 22.4 Å². The molecule has 1 aliphatic rings. The molecule has 1 heterocycles. The van der Waals surface area contributed by atoms with Crippen LogP contribution in [0.15, 0.2) is 48.5 Å². The van der Waals surface area contributed by atoms with E-state index in [1.54, 1.807) is 31.0 Å². The van der Waals surface area contributed by atoms with Crippen LogP contribution < -0.4 is 4.74 Å². The maximum atomic E-state index is 13.2. The van der Waals surface area contributed by atoms with Crippen LogP contribution in [0.4, 0.5) is 0 Å². The number of carbonyl (C=O) groups is 2. The largest absolute Gasteiger partial charge is 0.497 e. The average Bonchev–Trinajstić information content (AvgIpc) is 2.70. The number of aryl methyl sites for hydroxylation is 1. The first-order valence-electron chi connectivity index (χ1n) is 9.23. The lowest BCUT2D eigenvalue weighted by Crippen LogP contribution is -2.53. The molecule has 1 saturated heterocycles. The molecule has 0 spiro atoms. The molecule has 28 heavy (non-hydrogen) atoms. The third-order valence-electron chi connectivity index (χ3n) is 5.19. The summed E-state index contributed by atoms with van der Waals surface area (Å²) < 4.78 is 10.9. The molecule has 1 fully saturated rings. The Labute approximate surface area is 165 Å². The number of amides is 2. The van der Waals surface area contributed by atoms with Gasteiger partial charge in [0.25, 0.3) is 5.91 Å². The molecule has 3 rings (SSSR count). The van der Waals surface area contributed by atoms with Crippen molar-refractivity contribution in [3.8, 4) is 5.75 Å². The summed E-state index contributed by atoms with van der Waals surface area (Å²) in [6.45, 7) is 2.33. The van der Waals surface area contributed by atoms with Gasteiger partial charge in [-0.15, -0.1) is 0 Å². The van der Waals surface area contributed by atoms with Crippen LogP contribution in [0.25, 0.3) is 0 Å². The number of benzene rings is 2. The third kappa shape index (κ3) is 4.02. The number of morpholine rings is 1. The van der Waals surface area contributed by atoms with E-state index in [1.807, 2.05) is 55.5 Å². The SMILES string of the molecule is COc1ccc(CN(C)C(=O)C2OCC(=O)N(C)C2c2ccccc2C)cc1. The molecule has 1 aliphatic heterocycles. The molecular formula is C22H26N2O4. The lowest BCUT2D eigenvalue weighted by Gasteiger charge is -2.40. The van der Waals surface area contributed by atoms with E-state index in [9.17, 15) is 9.59 Å². The predicted molar refractivity (Wildman–Crippen MR) is 106 cm³/mol. The summed E-state index contributed by atoms with van der Waals surface area (Å²) in [7, 11) is 5.10. The van der Waals surface area contributed by atoms with E-state index >= 15 is 0 Å². The molecule has 0 saturated carbocycles. The molecule has 2 amide bonds. The summed E-state index contributed by atoms with van der Waals surface area (Å²) >= 11 is 0. The Morgan fingerprint density at radius 1 is 1.21 bits per heavy atom. The van der Waals surface area contributed by atoms with Crippen LogP contribution in [0.1, 0.15) is 22.7 Å². The second kappa shape index (κ2) is 8.44. The second-order valence-electron chi connectivity index (χ2n) is 7.08. The monoisotopic (exact) mass is 382 g/mol. The maximum Gasteiger partial charge on any atom is 0.254 e. The number of nitrogens with zero attached hydrogens (tertiary/aromatic N) is 2. The normalized spacial score (nSPS) is 19.4. The molecule has 2 unspecified atom stereocenters. The van der Waals surface area contributed by atoms with Crippen molar-refractivity contribution in [3.63, 3.8) is 0 Å². The molecule has 0 radical (unpaired) electrons. The molecule has 2 aromatic rings. The molecule has 0 aliphatic carbocycles. The van der Waals surface area contributed by atoms with E-state index in [0.29, 0.717) is 6.54 Å². The van der Waals surface area contributed by atoms with E-state index in [2.05, 4.69) is 0 Å². The summed E-state index contributed by atoms with van der Waals surface area (Å²) in [5, 5.41) is 0. The minimum atomic E-state index is -0.743. The predicted octanol–water partition coefficient (Wildman–Crippen LogP) is 2.56. The van der Waals surface area contributed by atoms with Gasteiger partial charge in [-0.25, -0.2) is 0 Å². The van der Waals surface area contributed by atoms with E-state index in [1.165, 1.54) is 0 Å². The fourth-order valence-corrected chi connectivity index (χ4v) is 3.51. The van der Waals surface area contributed by atoms with Crippen molar-refractivity contribution in [1.29, 1.82) is 0 Å². The minimum absolute atomic E-state index is 0.0916. The Hall–Kier alpha value is -2.86. The van der Waals surface area contributed by atoms with Crippen molar-refractivity contribution in [2.24, 2.45) is 0 Å². The number of likely N-dealkylation sites (N-methyl/N-ethyl adjacent to an activating group) is 2. The minimum Gasteiger partial charge on any atom is -0.497 e. The molecule has 6 nitrogen and oxygen atoms in total. The molecule has 0 N–H and O–H groups in total. The number of hydrogen-bond donors (Lipinski definition) is 0. The molecule has 2 atom stereocenters. The Kier molecular flexibility index (Phi) is 5.99. The zero-order chi connectivity index (χ0) is 20.3. The summed E-state index contributed by atoms with van der Waals surface area (Å²) in [5.41, 5.74) is 2.94. The van der Waals surface area contributed by atoms with Gasteiger partial charge < -0.3 is 19.3 Å². The Bertz CT molecular complexity index is 850. The van der Waals surface area contributed by atoms with E-state index in [-0.39, 0.29) is 18.4 Å². The maximum absolute atomic E-state index is 13.2. The molecule has 6 heteroatoms. The lowest BCUT2D eigenvalue weighted by molar-refractivity contribution is -0.167. The fourth-order valence-electron chi connectivity index (χ4n) is 3.51. The Balaban J connectivity index is 1.82. The van der Waals surface area contributed by atoms with E-state index < -0.39 is 12.1 Å². The zero-order valence-corrected chi connectivity index (χ0v) is 16.7. The van der Waals surface area contributed by atoms with Crippen molar-refractivity contribution in [3.05, 3.63) is 65.2 Å². The van der Waals surface area contributed by atoms with Crippen LogP contribution in [0.5, 0.6) is 5.75 Å². The van der Waals surface area contributed by atoms with Gasteiger partial charge in [0.1, 0.15) is 12.4 Å². The van der Waals surface area contributed by atoms with Gasteiger partial charge in [0.05, 0.1) is 13.2 Å². The first kappa shape index (κ1) is 19.9. The van der Waals surface area contributed by atoms with E-state index in [4.69, 9.17) is 9.47 Å². The van der Waals surface area contributed by atoms with Crippen LogP contribution in [-0.2, 0) is 20.9 Å². The van der Waals surface area contributed by atoms with Gasteiger partial charge in [-0.3, -0.25) is 9.59 Å². The Morgan fingerprint density at radius 2 is 1.89 bits per heavy atom. The van der Waals surface area contributed by atoms with Crippen molar-refractivity contribution in [1.82, 2.24) is 9.80 Å². The van der Waals surface area contributed by atoms with Gasteiger partial charge in [-0.1, -0.05) is 36.4 Å². The van der Waals surface area contributed by atoms with Crippen molar-refractivity contribution >= 4 is 11.8 Å². The van der Waals surface area contributed by atoms with Gasteiger partial charge in [0.2, 0.25) is 5.91 Å². The smallest absolute Gasteiger partial charge is 0.254 e. The highest BCUT2D eigenvalue weighted by molar-refractivity contribution is 5.86. The first-order chi connectivity index (χ1) is 13.4. The van der Waals surface area contributed by atoms with Crippen LogP contribution in [0.3, 0.4) is 0 Å². The standard InChI is InChI=1S/C22H26N2O4/c1-15-7-5-6-8-18(15)20-21(28-14-19(25)24(20)3)22(26)23(2)13-16-9-11-17(27-4)12-10-16/h5-12,20-21H,13-14H2,1-4H3. The van der Waals surface area contributed by atoms with Gasteiger partial charge in [-0.2, -0.15) is 0 Å². The average molecular weight is 382 g/mol. The second-order valence-corrected chi connectivity index (χ2v) is 7.08. The lowest BCUT2D eigenvalue weighted by atomic mass is 9.93. The number of rotatable bonds is 5. The molecular weight excluding hydrogens is 356 g/mol. The fraction of sp³-hybridized carbons (Fsp3) is 0.364. The summed E-state index contributed by atoms with van der Waals surface area (Å²) in [5.74, 6) is 0.492. The van der Waals surface area contributed by atoms with Gasteiger partial charge in [-0.05, 0) is 35.7 Å². The van der Waals surface area contributed by atoms with Crippen molar-refractivity contribution in [2.75, 3.05) is 27.8 Å². The Morgan fingerprint density at radius 3 is 2.54 bits per heavy atom. The number of hydrogen-bond acceptors (Lipinski definition) is 4. The summed E-state index contributed by atoms with van der Waals surface area (Å²) in [4.78, 5) is 28.7. The summed E-state index contributed by atoms with van der Waals surface area (Å²) in [6, 6.07) is 14.9. The van der Waals surface area contributed by atoms with Gasteiger partial charge >= 0.3 is 0 Å². The number of carbonyl (C=O) groups excluding carboxylic acids is 2. The molecule has 0 aromatic heterocycles.